The Bertz CT molecular complexity index is 117. The lowest BCUT2D eigenvalue weighted by atomic mass is 10.3. The summed E-state index contributed by atoms with van der Waals surface area (Å²) < 4.78 is 0. The predicted molar refractivity (Wildman–Crippen MR) is 49.3 cm³/mol. The normalized spacial score (nSPS) is 15.8. The molecular weight excluding hydrogens is 142 g/mol. The van der Waals surface area contributed by atoms with Gasteiger partial charge in [0, 0.05) is 11.8 Å². The van der Waals surface area contributed by atoms with Gasteiger partial charge >= 0.3 is 0 Å². The first-order valence-corrected chi connectivity index (χ1v) is 4.71. The third kappa shape index (κ3) is 4.72. The van der Waals surface area contributed by atoms with Gasteiger partial charge in [0.05, 0.1) is 6.04 Å². The molecule has 0 aromatic rings. The van der Waals surface area contributed by atoms with Crippen LogP contribution in [0.4, 0.5) is 0 Å². The van der Waals surface area contributed by atoms with Crippen LogP contribution in [0.5, 0.6) is 0 Å². The van der Waals surface area contributed by atoms with Gasteiger partial charge in [0.2, 0.25) is 0 Å². The van der Waals surface area contributed by atoms with Crippen LogP contribution in [0, 0.1) is 12.3 Å². The Balaban J connectivity index is 3.28. The largest absolute Gasteiger partial charge is 0.303 e. The van der Waals surface area contributed by atoms with E-state index in [0.29, 0.717) is 5.25 Å². The average molecular weight is 157 g/mol. The first-order chi connectivity index (χ1) is 4.70. The van der Waals surface area contributed by atoms with Gasteiger partial charge in [-0.15, -0.1) is 6.42 Å². The zero-order valence-electron chi connectivity index (χ0n) is 6.85. The van der Waals surface area contributed by atoms with Gasteiger partial charge in [0.25, 0.3) is 0 Å². The molecule has 1 N–H and O–H groups in total. The van der Waals surface area contributed by atoms with Gasteiger partial charge in [-0.3, -0.25) is 0 Å². The summed E-state index contributed by atoms with van der Waals surface area (Å²) in [6.07, 6.45) is 7.28. The second kappa shape index (κ2) is 5.64. The maximum Gasteiger partial charge on any atom is 0.0658 e. The highest BCUT2D eigenvalue weighted by molar-refractivity contribution is 7.99. The standard InChI is InChI=1S/C8H15NS/c1-5-7(2)9-6-8(3)10-4/h1,7-9H,6H2,2-4H3. The number of hydrogen-bond acceptors (Lipinski definition) is 2. The van der Waals surface area contributed by atoms with Crippen LogP contribution < -0.4 is 5.32 Å². The molecule has 0 aromatic carbocycles. The highest BCUT2D eigenvalue weighted by Crippen LogP contribution is 2.02. The minimum absolute atomic E-state index is 0.203. The van der Waals surface area contributed by atoms with E-state index in [4.69, 9.17) is 6.42 Å². The molecule has 0 aromatic heterocycles. The molecule has 0 spiro atoms. The fourth-order valence-corrected chi connectivity index (χ4v) is 0.748. The van der Waals surface area contributed by atoms with Crippen LogP contribution in [-0.4, -0.2) is 24.1 Å². The molecule has 2 heteroatoms. The molecule has 0 saturated carbocycles. The van der Waals surface area contributed by atoms with E-state index in [-0.39, 0.29) is 6.04 Å². The first-order valence-electron chi connectivity index (χ1n) is 3.43. The van der Waals surface area contributed by atoms with E-state index < -0.39 is 0 Å². The Morgan fingerprint density at radius 1 is 1.60 bits per heavy atom. The van der Waals surface area contributed by atoms with Crippen molar-refractivity contribution in [3.63, 3.8) is 0 Å². The van der Waals surface area contributed by atoms with Crippen LogP contribution in [-0.2, 0) is 0 Å². The molecule has 0 saturated heterocycles. The predicted octanol–water partition coefficient (Wildman–Crippen LogP) is 1.35. The summed E-state index contributed by atoms with van der Waals surface area (Å²) in [7, 11) is 0. The third-order valence-corrected chi connectivity index (χ3v) is 2.34. The van der Waals surface area contributed by atoms with E-state index in [9.17, 15) is 0 Å². The molecule has 10 heavy (non-hydrogen) atoms. The SMILES string of the molecule is C#CC(C)NCC(C)SC. The molecule has 0 aliphatic rings. The maximum atomic E-state index is 5.18. The first kappa shape index (κ1) is 9.87. The minimum atomic E-state index is 0.203. The van der Waals surface area contributed by atoms with Crippen LogP contribution >= 0.6 is 11.8 Å². The van der Waals surface area contributed by atoms with Crippen LogP contribution in [0.25, 0.3) is 0 Å². The van der Waals surface area contributed by atoms with Crippen molar-refractivity contribution in [3.05, 3.63) is 0 Å². The summed E-state index contributed by atoms with van der Waals surface area (Å²) in [6.45, 7) is 5.17. The molecule has 0 bridgehead atoms. The summed E-state index contributed by atoms with van der Waals surface area (Å²) in [5, 5.41) is 3.87. The zero-order chi connectivity index (χ0) is 7.98. The van der Waals surface area contributed by atoms with Gasteiger partial charge in [-0.1, -0.05) is 12.8 Å². The molecule has 0 rings (SSSR count). The topological polar surface area (TPSA) is 12.0 Å². The van der Waals surface area contributed by atoms with Crippen molar-refractivity contribution < 1.29 is 0 Å². The quantitative estimate of drug-likeness (QED) is 0.618. The monoisotopic (exact) mass is 157 g/mol. The Labute approximate surface area is 68.0 Å². The Morgan fingerprint density at radius 2 is 2.20 bits per heavy atom. The lowest BCUT2D eigenvalue weighted by Gasteiger charge is -2.11. The number of thioether (sulfide) groups is 1. The number of rotatable bonds is 4. The van der Waals surface area contributed by atoms with E-state index in [2.05, 4.69) is 24.4 Å². The van der Waals surface area contributed by atoms with Gasteiger partial charge in [-0.05, 0) is 13.2 Å². The Hall–Kier alpha value is -0.130. The fourth-order valence-electron chi connectivity index (χ4n) is 0.485. The second-order valence-electron chi connectivity index (χ2n) is 2.34. The summed E-state index contributed by atoms with van der Waals surface area (Å²) in [5.74, 6) is 2.62. The molecule has 58 valence electrons. The molecule has 2 unspecified atom stereocenters. The van der Waals surface area contributed by atoms with Crippen molar-refractivity contribution in [3.8, 4) is 12.3 Å². The molecular formula is C8H15NS. The van der Waals surface area contributed by atoms with Crippen molar-refractivity contribution in [2.24, 2.45) is 0 Å². The minimum Gasteiger partial charge on any atom is -0.303 e. The molecule has 0 aliphatic heterocycles. The smallest absolute Gasteiger partial charge is 0.0658 e. The van der Waals surface area contributed by atoms with E-state index >= 15 is 0 Å². The number of nitrogens with one attached hydrogen (secondary N) is 1. The lowest BCUT2D eigenvalue weighted by Crippen LogP contribution is -2.29. The van der Waals surface area contributed by atoms with Crippen molar-refractivity contribution in [2.45, 2.75) is 25.1 Å². The Kier molecular flexibility index (Phi) is 5.57. The maximum absolute atomic E-state index is 5.18. The molecule has 2 atom stereocenters. The second-order valence-corrected chi connectivity index (χ2v) is 3.62. The van der Waals surface area contributed by atoms with E-state index in [1.54, 1.807) is 0 Å². The fraction of sp³-hybridized carbons (Fsp3) is 0.750. The zero-order valence-corrected chi connectivity index (χ0v) is 7.66. The van der Waals surface area contributed by atoms with Crippen molar-refractivity contribution in [2.75, 3.05) is 12.8 Å². The summed E-state index contributed by atoms with van der Waals surface area (Å²) in [4.78, 5) is 0. The number of hydrogen-bond donors (Lipinski definition) is 1. The molecule has 0 fully saturated rings. The molecule has 1 nitrogen and oxygen atoms in total. The number of terminal acetylenes is 1. The summed E-state index contributed by atoms with van der Waals surface area (Å²) in [5.41, 5.74) is 0. The van der Waals surface area contributed by atoms with Gasteiger partial charge < -0.3 is 5.32 Å². The summed E-state index contributed by atoms with van der Waals surface area (Å²) in [6, 6.07) is 0.203. The van der Waals surface area contributed by atoms with Crippen LogP contribution in [0.2, 0.25) is 0 Å². The highest BCUT2D eigenvalue weighted by atomic mass is 32.2. The van der Waals surface area contributed by atoms with E-state index in [1.165, 1.54) is 0 Å². The van der Waals surface area contributed by atoms with Crippen molar-refractivity contribution in [1.82, 2.24) is 5.32 Å². The molecule has 0 aliphatic carbocycles. The van der Waals surface area contributed by atoms with Crippen LogP contribution in [0.1, 0.15) is 13.8 Å². The van der Waals surface area contributed by atoms with Crippen LogP contribution in [0.3, 0.4) is 0 Å². The molecule has 0 amide bonds. The van der Waals surface area contributed by atoms with Crippen molar-refractivity contribution in [1.29, 1.82) is 0 Å². The lowest BCUT2D eigenvalue weighted by molar-refractivity contribution is 0.644. The van der Waals surface area contributed by atoms with E-state index in [0.717, 1.165) is 6.54 Å². The van der Waals surface area contributed by atoms with Gasteiger partial charge in [0.1, 0.15) is 0 Å². The van der Waals surface area contributed by atoms with Crippen molar-refractivity contribution >= 4 is 11.8 Å². The van der Waals surface area contributed by atoms with E-state index in [1.807, 2.05) is 18.7 Å². The van der Waals surface area contributed by atoms with Gasteiger partial charge in [-0.25, -0.2) is 0 Å². The molecule has 0 radical (unpaired) electrons. The van der Waals surface area contributed by atoms with Crippen LogP contribution in [0.15, 0.2) is 0 Å². The average Bonchev–Trinajstić information content (AvgIpc) is 1.99. The van der Waals surface area contributed by atoms with Gasteiger partial charge in [0.15, 0.2) is 0 Å². The van der Waals surface area contributed by atoms with Gasteiger partial charge in [-0.2, -0.15) is 11.8 Å². The summed E-state index contributed by atoms with van der Waals surface area (Å²) >= 11 is 1.85. The Morgan fingerprint density at radius 3 is 2.60 bits per heavy atom. The highest BCUT2D eigenvalue weighted by Gasteiger charge is 1.99. The molecule has 0 heterocycles. The third-order valence-electron chi connectivity index (χ3n) is 1.36.